The number of para-hydroxylation sites is 1. The van der Waals surface area contributed by atoms with Gasteiger partial charge in [0.1, 0.15) is 28.8 Å². The maximum atomic E-state index is 4.39. The number of hydrogen-bond donors (Lipinski definition) is 2. The van der Waals surface area contributed by atoms with E-state index >= 15 is 0 Å². The van der Waals surface area contributed by atoms with E-state index in [0.717, 1.165) is 28.0 Å². The zero-order valence-electron chi connectivity index (χ0n) is 10.4. The number of nitrogens with zero attached hydrogens (tertiary/aromatic N) is 4. The lowest BCUT2D eigenvalue weighted by atomic mass is 10.1. The minimum atomic E-state index is 0.707. The van der Waals surface area contributed by atoms with Gasteiger partial charge in [0.05, 0.1) is 11.9 Å². The van der Waals surface area contributed by atoms with Crippen LogP contribution in [-0.2, 0) is 0 Å². The molecule has 0 atom stereocenters. The van der Waals surface area contributed by atoms with Crippen molar-refractivity contribution in [3.05, 3.63) is 54.1 Å². The molecular weight excluding hydrogens is 252 g/mol. The molecule has 96 valence electrons. The standard InChI is InChI=1S/C14H10N6/c1-2-4-10-9(3-1)5-6-11(18-17-10)14-13-12(19-20-14)7-15-8-16-13/h1-8,17H,(H,19,20). The summed E-state index contributed by atoms with van der Waals surface area (Å²) in [4.78, 5) is 8.22. The number of hydrazone groups is 1. The van der Waals surface area contributed by atoms with E-state index in [-0.39, 0.29) is 0 Å². The van der Waals surface area contributed by atoms with Gasteiger partial charge in [-0.05, 0) is 17.7 Å². The van der Waals surface area contributed by atoms with E-state index < -0.39 is 0 Å². The van der Waals surface area contributed by atoms with Crippen molar-refractivity contribution in [1.29, 1.82) is 0 Å². The van der Waals surface area contributed by atoms with Gasteiger partial charge in [-0.25, -0.2) is 9.97 Å². The van der Waals surface area contributed by atoms with Gasteiger partial charge in [0.15, 0.2) is 0 Å². The molecule has 0 aliphatic carbocycles. The molecule has 4 rings (SSSR count). The van der Waals surface area contributed by atoms with Crippen LogP contribution in [0.25, 0.3) is 17.1 Å². The number of hydrogen-bond acceptors (Lipinski definition) is 5. The SMILES string of the molecule is C1=Cc2ccccc2NN=C1c1n[nH]c2cncnc12. The van der Waals surface area contributed by atoms with Crippen LogP contribution in [-0.4, -0.2) is 25.9 Å². The summed E-state index contributed by atoms with van der Waals surface area (Å²) in [5.41, 5.74) is 8.09. The molecule has 0 radical (unpaired) electrons. The molecule has 2 N–H and O–H groups in total. The summed E-state index contributed by atoms with van der Waals surface area (Å²) in [5, 5.41) is 11.6. The Labute approximate surface area is 114 Å². The summed E-state index contributed by atoms with van der Waals surface area (Å²) >= 11 is 0. The molecule has 0 bridgehead atoms. The Kier molecular flexibility index (Phi) is 2.32. The Morgan fingerprint density at radius 3 is 3.00 bits per heavy atom. The first-order chi connectivity index (χ1) is 9.92. The van der Waals surface area contributed by atoms with Gasteiger partial charge in [-0.1, -0.05) is 24.3 Å². The third-order valence-corrected chi connectivity index (χ3v) is 3.15. The highest BCUT2D eigenvalue weighted by atomic mass is 15.3. The molecule has 0 amide bonds. The normalized spacial score (nSPS) is 13.5. The molecule has 1 aromatic carbocycles. The van der Waals surface area contributed by atoms with Crippen molar-refractivity contribution in [3.63, 3.8) is 0 Å². The van der Waals surface area contributed by atoms with Crippen LogP contribution in [0.15, 0.2) is 48.0 Å². The lowest BCUT2D eigenvalue weighted by Crippen LogP contribution is -2.01. The molecule has 3 aromatic rings. The first kappa shape index (κ1) is 10.9. The minimum Gasteiger partial charge on any atom is -0.277 e. The zero-order valence-corrected chi connectivity index (χ0v) is 10.4. The number of H-pyrrole nitrogens is 1. The number of nitrogens with one attached hydrogen (secondary N) is 2. The highest BCUT2D eigenvalue weighted by Gasteiger charge is 2.13. The van der Waals surface area contributed by atoms with E-state index in [4.69, 9.17) is 0 Å². The minimum absolute atomic E-state index is 0.707. The van der Waals surface area contributed by atoms with Gasteiger partial charge in [-0.2, -0.15) is 10.2 Å². The fourth-order valence-corrected chi connectivity index (χ4v) is 2.15. The van der Waals surface area contributed by atoms with Crippen LogP contribution in [0.3, 0.4) is 0 Å². The molecule has 0 spiro atoms. The molecule has 3 heterocycles. The van der Waals surface area contributed by atoms with Crippen molar-refractivity contribution < 1.29 is 0 Å². The summed E-state index contributed by atoms with van der Waals surface area (Å²) in [5.74, 6) is 0. The van der Waals surface area contributed by atoms with Crippen molar-refractivity contribution in [2.75, 3.05) is 5.43 Å². The van der Waals surface area contributed by atoms with Crippen molar-refractivity contribution in [1.82, 2.24) is 20.2 Å². The Balaban J connectivity index is 1.83. The largest absolute Gasteiger partial charge is 0.277 e. The first-order valence-corrected chi connectivity index (χ1v) is 6.17. The average Bonchev–Trinajstić information content (AvgIpc) is 2.81. The molecule has 1 aliphatic rings. The fraction of sp³-hybridized carbons (Fsp3) is 0. The van der Waals surface area contributed by atoms with Gasteiger partial charge in [0.25, 0.3) is 0 Å². The Morgan fingerprint density at radius 2 is 2.00 bits per heavy atom. The maximum absolute atomic E-state index is 4.39. The van der Waals surface area contributed by atoms with Crippen LogP contribution < -0.4 is 5.43 Å². The molecule has 1 aliphatic heterocycles. The number of aromatic amines is 1. The van der Waals surface area contributed by atoms with Crippen LogP contribution in [0.5, 0.6) is 0 Å². The summed E-state index contributed by atoms with van der Waals surface area (Å²) in [6, 6.07) is 7.98. The Bertz CT molecular complexity index is 846. The molecular formula is C14H10N6. The second kappa shape index (κ2) is 4.27. The number of rotatable bonds is 1. The van der Waals surface area contributed by atoms with Crippen LogP contribution >= 0.6 is 0 Å². The van der Waals surface area contributed by atoms with E-state index in [1.165, 1.54) is 6.33 Å². The van der Waals surface area contributed by atoms with Gasteiger partial charge < -0.3 is 0 Å². The monoisotopic (exact) mass is 262 g/mol. The van der Waals surface area contributed by atoms with Crippen molar-refractivity contribution in [3.8, 4) is 0 Å². The van der Waals surface area contributed by atoms with Crippen LogP contribution in [0, 0.1) is 0 Å². The fourth-order valence-electron chi connectivity index (χ4n) is 2.15. The number of anilines is 1. The third-order valence-electron chi connectivity index (χ3n) is 3.15. The molecule has 0 unspecified atom stereocenters. The summed E-state index contributed by atoms with van der Waals surface area (Å²) in [6.07, 6.45) is 7.14. The number of fused-ring (bicyclic) bond motifs is 2. The first-order valence-electron chi connectivity index (χ1n) is 6.17. The molecule has 20 heavy (non-hydrogen) atoms. The van der Waals surface area contributed by atoms with Gasteiger partial charge in [-0.15, -0.1) is 0 Å². The maximum Gasteiger partial charge on any atom is 0.139 e. The molecule has 0 fully saturated rings. The predicted octanol–water partition coefficient (Wildman–Crippen LogP) is 2.20. The van der Waals surface area contributed by atoms with Crippen molar-refractivity contribution in [2.45, 2.75) is 0 Å². The lowest BCUT2D eigenvalue weighted by molar-refractivity contribution is 1.10. The topological polar surface area (TPSA) is 78.9 Å². The molecule has 6 nitrogen and oxygen atoms in total. The quantitative estimate of drug-likeness (QED) is 0.704. The average molecular weight is 262 g/mol. The van der Waals surface area contributed by atoms with Crippen molar-refractivity contribution >= 4 is 28.5 Å². The van der Waals surface area contributed by atoms with Gasteiger partial charge in [0.2, 0.25) is 0 Å². The Hall–Kier alpha value is -3.02. The molecule has 6 heteroatoms. The van der Waals surface area contributed by atoms with Crippen LogP contribution in [0.4, 0.5) is 5.69 Å². The highest BCUT2D eigenvalue weighted by molar-refractivity contribution is 6.16. The summed E-state index contributed by atoms with van der Waals surface area (Å²) < 4.78 is 0. The van der Waals surface area contributed by atoms with E-state index in [2.05, 4.69) is 30.7 Å². The van der Waals surface area contributed by atoms with Gasteiger partial charge in [-0.3, -0.25) is 10.5 Å². The zero-order chi connectivity index (χ0) is 13.4. The molecule has 2 aromatic heterocycles. The van der Waals surface area contributed by atoms with E-state index in [9.17, 15) is 0 Å². The van der Waals surface area contributed by atoms with Gasteiger partial charge >= 0.3 is 0 Å². The Morgan fingerprint density at radius 1 is 1.05 bits per heavy atom. The van der Waals surface area contributed by atoms with E-state index in [1.807, 2.05) is 36.4 Å². The molecule has 0 saturated heterocycles. The lowest BCUT2D eigenvalue weighted by Gasteiger charge is -2.02. The van der Waals surface area contributed by atoms with Crippen LogP contribution in [0.2, 0.25) is 0 Å². The number of allylic oxidation sites excluding steroid dienone is 1. The second-order valence-corrected chi connectivity index (χ2v) is 4.39. The van der Waals surface area contributed by atoms with E-state index in [1.54, 1.807) is 6.20 Å². The van der Waals surface area contributed by atoms with Gasteiger partial charge in [0, 0.05) is 0 Å². The second-order valence-electron chi connectivity index (χ2n) is 4.39. The van der Waals surface area contributed by atoms with Crippen molar-refractivity contribution in [2.24, 2.45) is 5.10 Å². The molecule has 0 saturated carbocycles. The predicted molar refractivity (Wildman–Crippen MR) is 77.3 cm³/mol. The summed E-state index contributed by atoms with van der Waals surface area (Å²) in [7, 11) is 0. The van der Waals surface area contributed by atoms with Crippen LogP contribution in [0.1, 0.15) is 11.3 Å². The third kappa shape index (κ3) is 1.66. The smallest absolute Gasteiger partial charge is 0.139 e. The van der Waals surface area contributed by atoms with E-state index in [0.29, 0.717) is 5.69 Å². The number of benzene rings is 1. The highest BCUT2D eigenvalue weighted by Crippen LogP contribution is 2.21. The number of aromatic nitrogens is 4. The summed E-state index contributed by atoms with van der Waals surface area (Å²) in [6.45, 7) is 0.